The van der Waals surface area contributed by atoms with E-state index in [2.05, 4.69) is 31.2 Å². The zero-order valence-corrected chi connectivity index (χ0v) is 22.7. The van der Waals surface area contributed by atoms with Crippen molar-refractivity contribution in [1.82, 2.24) is 31.2 Å². The fourth-order valence-electron chi connectivity index (χ4n) is 4.63. The van der Waals surface area contributed by atoms with Crippen LogP contribution in [0, 0.1) is 17.7 Å². The van der Waals surface area contributed by atoms with E-state index in [0.29, 0.717) is 18.4 Å². The molecule has 11 nitrogen and oxygen atoms in total. The molecule has 2 aromatic rings. The zero-order chi connectivity index (χ0) is 29.1. The van der Waals surface area contributed by atoms with Gasteiger partial charge in [0.2, 0.25) is 11.8 Å². The number of aromatic nitrogens is 2. The fourth-order valence-corrected chi connectivity index (χ4v) is 4.63. The number of piperidine rings is 1. The van der Waals surface area contributed by atoms with Gasteiger partial charge in [0.15, 0.2) is 0 Å². The lowest BCUT2D eigenvalue weighted by molar-refractivity contribution is -0.131. The van der Waals surface area contributed by atoms with Crippen molar-refractivity contribution in [2.24, 2.45) is 11.8 Å². The normalized spacial score (nSPS) is 19.2. The largest absolute Gasteiger partial charge is 0.378 e. The van der Waals surface area contributed by atoms with Gasteiger partial charge in [-0.25, -0.2) is 9.37 Å². The number of aliphatic hydroxyl groups is 1. The Morgan fingerprint density at radius 1 is 1.10 bits per heavy atom. The third-order valence-corrected chi connectivity index (χ3v) is 6.71. The maximum absolute atomic E-state index is 13.5. The van der Waals surface area contributed by atoms with Gasteiger partial charge in [-0.15, -0.1) is 0 Å². The molecule has 5 N–H and O–H groups in total. The first-order valence-corrected chi connectivity index (χ1v) is 13.4. The Labute approximate surface area is 232 Å². The number of carbonyl (C=O) groups excluding carboxylic acids is 4. The van der Waals surface area contributed by atoms with Crippen LogP contribution in [-0.4, -0.2) is 70.0 Å². The smallest absolute Gasteiger partial charge is 0.272 e. The van der Waals surface area contributed by atoms with Crippen LogP contribution in [0.4, 0.5) is 4.39 Å². The highest BCUT2D eigenvalue weighted by Gasteiger charge is 2.31. The Bertz CT molecular complexity index is 1130. The number of hydrogen-bond donors (Lipinski definition) is 5. The maximum Gasteiger partial charge on any atom is 0.272 e. The van der Waals surface area contributed by atoms with Crippen molar-refractivity contribution >= 4 is 24.0 Å². The van der Waals surface area contributed by atoms with E-state index < -0.39 is 47.9 Å². The molecule has 0 saturated carbocycles. The molecule has 0 spiro atoms. The highest BCUT2D eigenvalue weighted by Crippen LogP contribution is 2.20. The second-order valence-corrected chi connectivity index (χ2v) is 10.4. The van der Waals surface area contributed by atoms with Gasteiger partial charge in [-0.2, -0.15) is 0 Å². The van der Waals surface area contributed by atoms with Crippen molar-refractivity contribution in [1.29, 1.82) is 0 Å². The van der Waals surface area contributed by atoms with Crippen LogP contribution >= 0.6 is 0 Å². The van der Waals surface area contributed by atoms with Crippen molar-refractivity contribution in [2.45, 2.75) is 70.3 Å². The molecule has 1 aliphatic rings. The average molecular weight is 557 g/mol. The topological polar surface area (TPSA) is 162 Å². The van der Waals surface area contributed by atoms with Gasteiger partial charge in [0.05, 0.1) is 12.2 Å². The molecular weight excluding hydrogens is 519 g/mol. The number of aliphatic hydroxyl groups excluding tert-OH is 1. The molecule has 0 radical (unpaired) electrons. The standard InChI is InChI=1S/C28H37FN6O5/c1-17(2)12-22(26(38)33-21(16-36)14-19-4-3-9-32-25(19)37)34-27(39)23(13-18-5-7-20(29)8-6-18)35-28(40)24-15-30-10-11-31-24/h5-8,10-11,15-17,19,21-23,25,32,37H,3-4,9,12-14H2,1-2H3,(H,33,38)(H,34,39)(H,35,40)/t19-,21-,22-,23-,25?/m0/s1. The second kappa shape index (κ2) is 15.1. The van der Waals surface area contributed by atoms with Gasteiger partial charge in [-0.1, -0.05) is 26.0 Å². The molecular formula is C28H37FN6O5. The van der Waals surface area contributed by atoms with Crippen LogP contribution in [-0.2, 0) is 20.8 Å². The van der Waals surface area contributed by atoms with Crippen LogP contribution in [0.15, 0.2) is 42.9 Å². The summed E-state index contributed by atoms with van der Waals surface area (Å²) in [5.41, 5.74) is 0.593. The van der Waals surface area contributed by atoms with Crippen LogP contribution in [0.1, 0.15) is 55.6 Å². The highest BCUT2D eigenvalue weighted by atomic mass is 19.1. The van der Waals surface area contributed by atoms with E-state index in [9.17, 15) is 28.7 Å². The molecule has 3 rings (SSSR count). The summed E-state index contributed by atoms with van der Waals surface area (Å²) in [7, 11) is 0. The molecule has 1 saturated heterocycles. The summed E-state index contributed by atoms with van der Waals surface area (Å²) in [6.45, 7) is 4.46. The Morgan fingerprint density at radius 2 is 1.82 bits per heavy atom. The number of amides is 3. The maximum atomic E-state index is 13.5. The van der Waals surface area contributed by atoms with Crippen molar-refractivity contribution in [3.05, 3.63) is 59.9 Å². The van der Waals surface area contributed by atoms with E-state index in [1.165, 1.54) is 42.9 Å². The first-order chi connectivity index (χ1) is 19.2. The Hall–Kier alpha value is -3.77. The lowest BCUT2D eigenvalue weighted by Gasteiger charge is -2.31. The minimum absolute atomic E-state index is 0.00379. The SMILES string of the molecule is CC(C)C[C@H](NC(=O)[C@H](Cc1ccc(F)cc1)NC(=O)c1cnccn1)C(=O)N[C@H](C=O)C[C@@H]1CCCNC1O. The minimum Gasteiger partial charge on any atom is -0.378 e. The lowest BCUT2D eigenvalue weighted by atomic mass is 9.91. The number of halogens is 1. The van der Waals surface area contributed by atoms with E-state index in [1.807, 2.05) is 13.8 Å². The number of aldehydes is 1. The van der Waals surface area contributed by atoms with Gasteiger partial charge in [0.25, 0.3) is 5.91 Å². The van der Waals surface area contributed by atoms with Gasteiger partial charge < -0.3 is 25.9 Å². The number of nitrogens with one attached hydrogen (secondary N) is 4. The molecule has 5 atom stereocenters. The van der Waals surface area contributed by atoms with Gasteiger partial charge in [0.1, 0.15) is 36.1 Å². The molecule has 0 bridgehead atoms. The van der Waals surface area contributed by atoms with Crippen molar-refractivity contribution in [3.8, 4) is 0 Å². The molecule has 1 aliphatic heterocycles. The summed E-state index contributed by atoms with van der Waals surface area (Å²) in [4.78, 5) is 59.1. The zero-order valence-electron chi connectivity index (χ0n) is 22.7. The summed E-state index contributed by atoms with van der Waals surface area (Å²) >= 11 is 0. The summed E-state index contributed by atoms with van der Waals surface area (Å²) in [6, 6.07) is 2.56. The van der Waals surface area contributed by atoms with Crippen LogP contribution in [0.5, 0.6) is 0 Å². The summed E-state index contributed by atoms with van der Waals surface area (Å²) in [6.07, 6.45) is 6.01. The van der Waals surface area contributed by atoms with Crippen molar-refractivity contribution < 1.29 is 28.7 Å². The third-order valence-electron chi connectivity index (χ3n) is 6.71. The van der Waals surface area contributed by atoms with Crippen molar-refractivity contribution in [3.63, 3.8) is 0 Å². The first-order valence-electron chi connectivity index (χ1n) is 13.4. The lowest BCUT2D eigenvalue weighted by Crippen LogP contribution is -2.56. The highest BCUT2D eigenvalue weighted by molar-refractivity contribution is 5.97. The van der Waals surface area contributed by atoms with Crippen LogP contribution in [0.3, 0.4) is 0 Å². The van der Waals surface area contributed by atoms with Gasteiger partial charge in [-0.3, -0.25) is 24.7 Å². The van der Waals surface area contributed by atoms with Crippen molar-refractivity contribution in [2.75, 3.05) is 6.54 Å². The molecule has 1 unspecified atom stereocenters. The predicted molar refractivity (Wildman–Crippen MR) is 144 cm³/mol. The molecule has 40 heavy (non-hydrogen) atoms. The van der Waals surface area contributed by atoms with E-state index in [0.717, 1.165) is 12.8 Å². The van der Waals surface area contributed by atoms with E-state index in [1.54, 1.807) is 0 Å². The summed E-state index contributed by atoms with van der Waals surface area (Å²) < 4.78 is 13.4. The number of benzene rings is 1. The minimum atomic E-state index is -1.12. The van der Waals surface area contributed by atoms with Crippen LogP contribution in [0.25, 0.3) is 0 Å². The summed E-state index contributed by atoms with van der Waals surface area (Å²) in [5, 5.41) is 21.2. The Balaban J connectivity index is 1.74. The molecule has 1 aromatic carbocycles. The molecule has 216 valence electrons. The predicted octanol–water partition coefficient (Wildman–Crippen LogP) is 0.880. The number of hydrogen-bond acceptors (Lipinski definition) is 8. The molecule has 3 amide bonds. The van der Waals surface area contributed by atoms with E-state index in [-0.39, 0.29) is 36.8 Å². The molecule has 2 heterocycles. The Kier molecular flexibility index (Phi) is 11.6. The average Bonchev–Trinajstić information content (AvgIpc) is 2.94. The first kappa shape index (κ1) is 30.8. The number of rotatable bonds is 13. The third kappa shape index (κ3) is 9.45. The number of carbonyl (C=O) groups is 4. The monoisotopic (exact) mass is 556 g/mol. The quantitative estimate of drug-likeness (QED) is 0.227. The number of nitrogens with zero attached hydrogens (tertiary/aromatic N) is 2. The van der Waals surface area contributed by atoms with Crippen LogP contribution in [0.2, 0.25) is 0 Å². The van der Waals surface area contributed by atoms with Gasteiger partial charge in [0, 0.05) is 24.7 Å². The Morgan fingerprint density at radius 3 is 2.45 bits per heavy atom. The van der Waals surface area contributed by atoms with E-state index >= 15 is 0 Å². The second-order valence-electron chi connectivity index (χ2n) is 10.4. The van der Waals surface area contributed by atoms with Crippen LogP contribution < -0.4 is 21.3 Å². The van der Waals surface area contributed by atoms with Gasteiger partial charge >= 0.3 is 0 Å². The van der Waals surface area contributed by atoms with E-state index in [4.69, 9.17) is 0 Å². The summed E-state index contributed by atoms with van der Waals surface area (Å²) in [5.74, 6) is -2.43. The fraction of sp³-hybridized carbons (Fsp3) is 0.500. The molecule has 0 aliphatic carbocycles. The van der Waals surface area contributed by atoms with Gasteiger partial charge in [-0.05, 0) is 55.8 Å². The molecule has 12 heteroatoms. The molecule has 1 fully saturated rings. The molecule has 1 aromatic heterocycles.